The predicted molar refractivity (Wildman–Crippen MR) is 113 cm³/mol. The summed E-state index contributed by atoms with van der Waals surface area (Å²) in [5, 5.41) is 20.8. The lowest BCUT2D eigenvalue weighted by Gasteiger charge is -2.28. The molecule has 1 aliphatic rings. The molecule has 1 aliphatic heterocycles. The molecule has 1 aromatic heterocycles. The zero-order valence-corrected chi connectivity index (χ0v) is 17.8. The van der Waals surface area contributed by atoms with Gasteiger partial charge in [-0.15, -0.1) is 0 Å². The maximum absolute atomic E-state index is 11.5. The summed E-state index contributed by atoms with van der Waals surface area (Å²) >= 11 is 0. The highest BCUT2D eigenvalue weighted by Gasteiger charge is 2.55. The van der Waals surface area contributed by atoms with Gasteiger partial charge in [-0.25, -0.2) is 4.79 Å². The first-order chi connectivity index (χ1) is 13.5. The number of allylic oxidation sites excluding steroid dienone is 6. The van der Waals surface area contributed by atoms with Crippen LogP contribution in [0.15, 0.2) is 57.3 Å². The molecule has 6 nitrogen and oxygen atoms in total. The molecule has 4 atom stereocenters. The average molecular weight is 425 g/mol. The molecule has 158 valence electrons. The number of hydrogen-bond acceptors (Lipinski definition) is 6. The van der Waals surface area contributed by atoms with Crippen molar-refractivity contribution in [1.82, 2.24) is 0 Å². The van der Waals surface area contributed by atoms with Gasteiger partial charge in [0.25, 0.3) is 0 Å². The number of methoxy groups -OCH3 is 1. The summed E-state index contributed by atoms with van der Waals surface area (Å²) in [6.45, 7) is 8.79. The van der Waals surface area contributed by atoms with Crippen molar-refractivity contribution in [2.24, 2.45) is 0 Å². The van der Waals surface area contributed by atoms with Gasteiger partial charge in [-0.2, -0.15) is 0 Å². The van der Waals surface area contributed by atoms with Crippen LogP contribution in [0.25, 0.3) is 6.08 Å². The van der Waals surface area contributed by atoms with Crippen molar-refractivity contribution in [3.8, 4) is 5.75 Å². The number of aliphatic hydroxyl groups excluding tert-OH is 1. The Morgan fingerprint density at radius 2 is 1.90 bits per heavy atom. The Kier molecular flexibility index (Phi) is 7.06. The molecule has 0 aromatic carbocycles. The van der Waals surface area contributed by atoms with Crippen LogP contribution in [-0.4, -0.2) is 40.7 Å². The molecule has 1 fully saturated rings. The van der Waals surface area contributed by atoms with Gasteiger partial charge in [-0.3, -0.25) is 0 Å². The van der Waals surface area contributed by atoms with Crippen molar-refractivity contribution in [2.75, 3.05) is 7.11 Å². The summed E-state index contributed by atoms with van der Waals surface area (Å²) in [5.41, 5.74) is -1.08. The summed E-state index contributed by atoms with van der Waals surface area (Å²) in [6.07, 6.45) is 11.1. The van der Waals surface area contributed by atoms with Crippen molar-refractivity contribution in [3.63, 3.8) is 0 Å². The molecule has 2 heterocycles. The molecule has 6 heteroatoms. The van der Waals surface area contributed by atoms with E-state index in [-0.39, 0.29) is 0 Å². The van der Waals surface area contributed by atoms with E-state index >= 15 is 0 Å². The van der Waals surface area contributed by atoms with Crippen LogP contribution in [0.1, 0.15) is 39.0 Å². The van der Waals surface area contributed by atoms with Crippen molar-refractivity contribution in [2.45, 2.75) is 58.0 Å². The molecule has 0 unspecified atom stereocenters. The molecule has 1 aromatic rings. The highest BCUT2D eigenvalue weighted by atomic mass is 16.8. The lowest BCUT2D eigenvalue weighted by Crippen LogP contribution is -2.47. The second-order valence-corrected chi connectivity index (χ2v) is 7.69. The molecule has 0 saturated carbocycles. The standard InChI is InChI=1S/C23H30O6/c1-15(14-22(4)21(25)23(5,26)17(3)29-22)11-9-7-8-10-12-18-16(2)19(27-6)13-20(24)28-18/h7-14,17,21,25-26H,1-6H3/b8-7+,11-9+,12-10+,15-14+/t17-,21+,22+,23+/m1/s1/i1+1,2+1,3+1,4+1,5+1,6+1,7+1,8+1,9+1,10+1,11+1,12+1,13+1,14+1,15+1,16+1,17+1,18+1,19+1,20+1,21+1,22+1,23+1. The minimum absolute atomic E-state index is 0.445. The second kappa shape index (κ2) is 8.95. The lowest BCUT2D eigenvalue weighted by molar-refractivity contribution is -0.0579. The van der Waals surface area contributed by atoms with Gasteiger partial charge in [0.05, 0.1) is 19.3 Å². The van der Waals surface area contributed by atoms with Gasteiger partial charge in [-0.05, 0) is 46.8 Å². The van der Waals surface area contributed by atoms with Crippen molar-refractivity contribution >= 4 is 6.08 Å². The molecule has 0 aliphatic carbocycles. The van der Waals surface area contributed by atoms with Gasteiger partial charge in [-0.1, -0.05) is 36.0 Å². The Bertz CT molecular complexity index is 902. The topological polar surface area (TPSA) is 89.1 Å². The van der Waals surface area contributed by atoms with Gasteiger partial charge in [0.2, 0.25) is 0 Å². The first kappa shape index (κ1) is 22.9. The van der Waals surface area contributed by atoms with Crippen molar-refractivity contribution < 1.29 is 24.1 Å². The van der Waals surface area contributed by atoms with Crippen LogP contribution < -0.4 is 10.4 Å². The predicted octanol–water partition coefficient (Wildman–Crippen LogP) is 3.32. The largest absolute Gasteiger partial charge is 0.496 e. The maximum Gasteiger partial charge on any atom is 0.339 e. The van der Waals surface area contributed by atoms with Gasteiger partial charge in [0.1, 0.15) is 28.8 Å². The van der Waals surface area contributed by atoms with E-state index in [0.717, 1.165) is 11.1 Å². The normalized spacial score (nSPS) is 30.8. The first-order valence-corrected chi connectivity index (χ1v) is 9.49. The van der Waals surface area contributed by atoms with E-state index in [9.17, 15) is 15.0 Å². The summed E-state index contributed by atoms with van der Waals surface area (Å²) in [6, 6.07) is 1.31. The number of rotatable bonds is 6. The summed E-state index contributed by atoms with van der Waals surface area (Å²) in [5.74, 6) is 0.934. The van der Waals surface area contributed by atoms with E-state index < -0.39 is 29.0 Å². The van der Waals surface area contributed by atoms with Crippen molar-refractivity contribution in [1.29, 1.82) is 0 Å². The first-order valence-electron chi connectivity index (χ1n) is 9.49. The third-order valence-electron chi connectivity index (χ3n) is 5.22. The molecule has 0 radical (unpaired) electrons. The van der Waals surface area contributed by atoms with E-state index in [1.807, 2.05) is 38.2 Å². The Balaban J connectivity index is 2.04. The maximum atomic E-state index is 11.5. The Labute approximate surface area is 171 Å². The van der Waals surface area contributed by atoms with Crippen LogP contribution in [0.3, 0.4) is 0 Å². The molecular weight excluding hydrogens is 395 g/mol. The number of hydrogen-bond donors (Lipinski definition) is 2. The number of ether oxygens (including phenoxy) is 2. The average Bonchev–Trinajstić information content (AvgIpc) is 2.79. The minimum atomic E-state index is -1.30. The zero-order chi connectivity index (χ0) is 21.8. The smallest absolute Gasteiger partial charge is 0.339 e. The lowest BCUT2D eigenvalue weighted by atomic mass is 10.8. The summed E-state index contributed by atoms with van der Waals surface area (Å²) in [4.78, 5) is 11.5. The van der Waals surface area contributed by atoms with Crippen LogP contribution in [0.2, 0.25) is 0 Å². The van der Waals surface area contributed by atoms with Gasteiger partial charge in [0, 0.05) is 5.56 Å². The van der Waals surface area contributed by atoms with Crippen molar-refractivity contribution in [3.05, 3.63) is 69.8 Å². The van der Waals surface area contributed by atoms with Crippen LogP contribution >= 0.6 is 0 Å². The molecule has 29 heavy (non-hydrogen) atoms. The van der Waals surface area contributed by atoms with Crippen LogP contribution in [0.5, 0.6) is 5.75 Å². The highest BCUT2D eigenvalue weighted by Crippen LogP contribution is 2.39. The third-order valence-corrected chi connectivity index (χ3v) is 5.22. The molecule has 0 amide bonds. The Morgan fingerprint density at radius 1 is 1.24 bits per heavy atom. The monoisotopic (exact) mass is 425 g/mol. The Morgan fingerprint density at radius 3 is 2.48 bits per heavy atom. The second-order valence-electron chi connectivity index (χ2n) is 7.69. The SMILES string of the molecule is [13CH3]O[13c]1[13cH][13c](=O)o[13c](/[13CH]=[13CH]/[13CH]=[13CH]/[13CH]=[13CH]/[13C]([13CH3])=[13CH]/[13C@]2([13CH3])O[13C@H]([13CH3])[13C@]([13CH3])(O)[13C@H]2O)[13c]1[13CH3]. The molecule has 0 spiro atoms. The van der Waals surface area contributed by atoms with Crippen LogP contribution in [0.4, 0.5) is 0 Å². The minimum Gasteiger partial charge on any atom is -0.496 e. The molecule has 1 saturated heterocycles. The van der Waals surface area contributed by atoms with E-state index in [1.54, 1.807) is 39.0 Å². The fourth-order valence-corrected chi connectivity index (χ4v) is 3.38. The van der Waals surface area contributed by atoms with E-state index in [0.29, 0.717) is 11.5 Å². The fraction of sp³-hybridized carbons (Fsp3) is 0.435. The number of aliphatic hydroxyl groups is 2. The van der Waals surface area contributed by atoms with Gasteiger partial charge in [0.15, 0.2) is 0 Å². The third kappa shape index (κ3) is 5.15. The van der Waals surface area contributed by atoms with Gasteiger partial charge < -0.3 is 24.1 Å². The summed E-state index contributed by atoms with van der Waals surface area (Å²) in [7, 11) is 1.51. The molecule has 2 rings (SSSR count). The van der Waals surface area contributed by atoms with Crippen LogP contribution in [0, 0.1) is 6.92 Å². The van der Waals surface area contributed by atoms with E-state index in [4.69, 9.17) is 13.9 Å². The van der Waals surface area contributed by atoms with Crippen LogP contribution in [-0.2, 0) is 4.74 Å². The summed E-state index contributed by atoms with van der Waals surface area (Å²) < 4.78 is 16.1. The molecule has 0 bridgehead atoms. The highest BCUT2D eigenvalue weighted by molar-refractivity contribution is 5.52. The fourth-order valence-electron chi connectivity index (χ4n) is 3.38. The van der Waals surface area contributed by atoms with E-state index in [1.165, 1.54) is 13.2 Å². The Hall–Kier alpha value is -2.41. The zero-order valence-electron chi connectivity index (χ0n) is 17.8. The molecular formula is C23H30O6. The molecule has 2 N–H and O–H groups in total. The van der Waals surface area contributed by atoms with E-state index in [2.05, 4.69) is 0 Å². The quantitative estimate of drug-likeness (QED) is 0.537. The van der Waals surface area contributed by atoms with Gasteiger partial charge >= 0.3 is 5.63 Å².